The molecule has 3 aromatic rings. The summed E-state index contributed by atoms with van der Waals surface area (Å²) in [6, 6.07) is 13.0. The van der Waals surface area contributed by atoms with E-state index in [4.69, 9.17) is 10.3 Å². The smallest absolute Gasteiger partial charge is 0.230 e. The second-order valence-corrected chi connectivity index (χ2v) is 6.74. The van der Waals surface area contributed by atoms with E-state index in [9.17, 15) is 4.79 Å². The number of likely N-dealkylation sites (tertiary alicyclic amines) is 1. The van der Waals surface area contributed by atoms with Crippen LogP contribution in [0.25, 0.3) is 11.5 Å². The third-order valence-electron chi connectivity index (χ3n) is 4.87. The fourth-order valence-electron chi connectivity index (χ4n) is 3.30. The van der Waals surface area contributed by atoms with Gasteiger partial charge in [-0.1, -0.05) is 23.4 Å². The fraction of sp³-hybridized carbons (Fsp3) is 0.300. The number of nitrogen functional groups attached to an aromatic ring is 1. The lowest BCUT2D eigenvalue weighted by Crippen LogP contribution is -2.38. The van der Waals surface area contributed by atoms with E-state index in [1.54, 1.807) is 6.20 Å². The Morgan fingerprint density at radius 2 is 1.93 bits per heavy atom. The summed E-state index contributed by atoms with van der Waals surface area (Å²) < 4.78 is 5.44. The first-order valence-corrected chi connectivity index (χ1v) is 9.06. The Bertz CT molecular complexity index is 900. The average molecular weight is 363 g/mol. The SMILES string of the molecule is Nc1ccc(CC(=O)N2CCC(c3nc(-c4ccccn4)no3)CC2)cc1. The van der Waals surface area contributed by atoms with Gasteiger partial charge in [0.2, 0.25) is 17.6 Å². The van der Waals surface area contributed by atoms with Crippen molar-refractivity contribution in [3.8, 4) is 11.5 Å². The molecule has 0 bridgehead atoms. The Morgan fingerprint density at radius 1 is 1.15 bits per heavy atom. The number of pyridine rings is 1. The summed E-state index contributed by atoms with van der Waals surface area (Å²) >= 11 is 0. The monoisotopic (exact) mass is 363 g/mol. The van der Waals surface area contributed by atoms with E-state index in [1.165, 1.54) is 0 Å². The predicted molar refractivity (Wildman–Crippen MR) is 101 cm³/mol. The van der Waals surface area contributed by atoms with Crippen molar-refractivity contribution in [3.63, 3.8) is 0 Å². The maximum atomic E-state index is 12.5. The van der Waals surface area contributed by atoms with Crippen molar-refractivity contribution in [1.29, 1.82) is 0 Å². The van der Waals surface area contributed by atoms with Crippen LogP contribution in [0, 0.1) is 0 Å². The summed E-state index contributed by atoms with van der Waals surface area (Å²) in [5, 5.41) is 4.04. The molecular formula is C20H21N5O2. The molecule has 27 heavy (non-hydrogen) atoms. The molecule has 1 saturated heterocycles. The number of aromatic nitrogens is 3. The van der Waals surface area contributed by atoms with E-state index < -0.39 is 0 Å². The molecule has 1 aromatic carbocycles. The van der Waals surface area contributed by atoms with Crippen molar-refractivity contribution in [2.75, 3.05) is 18.8 Å². The van der Waals surface area contributed by atoms with Crippen LogP contribution in [-0.2, 0) is 11.2 Å². The number of amides is 1. The second kappa shape index (κ2) is 7.57. The van der Waals surface area contributed by atoms with Gasteiger partial charge >= 0.3 is 0 Å². The Morgan fingerprint density at radius 3 is 2.63 bits per heavy atom. The van der Waals surface area contributed by atoms with Crippen LogP contribution in [0.15, 0.2) is 53.2 Å². The molecule has 0 aliphatic carbocycles. The highest BCUT2D eigenvalue weighted by molar-refractivity contribution is 5.79. The Balaban J connectivity index is 1.34. The van der Waals surface area contributed by atoms with Crippen LogP contribution in [0.3, 0.4) is 0 Å². The zero-order valence-electron chi connectivity index (χ0n) is 14.9. The minimum absolute atomic E-state index is 0.137. The third-order valence-corrected chi connectivity index (χ3v) is 4.87. The van der Waals surface area contributed by atoms with E-state index >= 15 is 0 Å². The van der Waals surface area contributed by atoms with Gasteiger partial charge in [0.1, 0.15) is 5.69 Å². The first-order chi connectivity index (χ1) is 13.2. The number of nitrogens with two attached hydrogens (primary N) is 1. The van der Waals surface area contributed by atoms with E-state index in [2.05, 4.69) is 15.1 Å². The highest BCUT2D eigenvalue weighted by Gasteiger charge is 2.27. The molecule has 0 radical (unpaired) electrons. The van der Waals surface area contributed by atoms with E-state index in [1.807, 2.05) is 47.4 Å². The molecule has 0 spiro atoms. The summed E-state index contributed by atoms with van der Waals surface area (Å²) in [6.45, 7) is 1.39. The van der Waals surface area contributed by atoms with Gasteiger partial charge in [0.25, 0.3) is 0 Å². The molecule has 1 aliphatic heterocycles. The zero-order chi connectivity index (χ0) is 18.6. The van der Waals surface area contributed by atoms with Crippen LogP contribution in [0.5, 0.6) is 0 Å². The number of carbonyl (C=O) groups excluding carboxylic acids is 1. The number of hydrogen-bond donors (Lipinski definition) is 1. The van der Waals surface area contributed by atoms with Crippen LogP contribution in [0.2, 0.25) is 0 Å². The molecule has 7 heteroatoms. The topological polar surface area (TPSA) is 98.1 Å². The van der Waals surface area contributed by atoms with Crippen LogP contribution in [-0.4, -0.2) is 39.0 Å². The van der Waals surface area contributed by atoms with Gasteiger partial charge < -0.3 is 15.2 Å². The van der Waals surface area contributed by atoms with E-state index in [-0.39, 0.29) is 11.8 Å². The van der Waals surface area contributed by atoms with E-state index in [0.717, 1.165) is 18.4 Å². The summed E-state index contributed by atoms with van der Waals surface area (Å²) in [6.07, 6.45) is 3.74. The highest BCUT2D eigenvalue weighted by Crippen LogP contribution is 2.28. The quantitative estimate of drug-likeness (QED) is 0.716. The fourth-order valence-corrected chi connectivity index (χ4v) is 3.30. The summed E-state index contributed by atoms with van der Waals surface area (Å²) in [5.41, 5.74) is 8.07. The third kappa shape index (κ3) is 3.97. The van der Waals surface area contributed by atoms with Crippen LogP contribution >= 0.6 is 0 Å². The number of piperidine rings is 1. The Kier molecular flexibility index (Phi) is 4.82. The Hall–Kier alpha value is -3.22. The van der Waals surface area contributed by atoms with Crippen molar-refractivity contribution in [1.82, 2.24) is 20.0 Å². The molecule has 0 unspecified atom stereocenters. The first kappa shape index (κ1) is 17.2. The lowest BCUT2D eigenvalue weighted by Gasteiger charge is -2.30. The van der Waals surface area contributed by atoms with Gasteiger partial charge in [-0.3, -0.25) is 9.78 Å². The molecule has 7 nitrogen and oxygen atoms in total. The molecule has 1 fully saturated rings. The summed E-state index contributed by atoms with van der Waals surface area (Å²) in [4.78, 5) is 23.2. The highest BCUT2D eigenvalue weighted by atomic mass is 16.5. The van der Waals surface area contributed by atoms with Crippen LogP contribution < -0.4 is 5.73 Å². The minimum atomic E-state index is 0.137. The number of rotatable bonds is 4. The van der Waals surface area contributed by atoms with Crippen LogP contribution in [0.4, 0.5) is 5.69 Å². The molecule has 3 heterocycles. The molecule has 2 aromatic heterocycles. The van der Waals surface area contributed by atoms with Crippen molar-refractivity contribution < 1.29 is 9.32 Å². The number of benzene rings is 1. The second-order valence-electron chi connectivity index (χ2n) is 6.74. The molecule has 1 aliphatic rings. The van der Waals surface area contributed by atoms with Crippen molar-refractivity contribution in [3.05, 3.63) is 60.1 Å². The van der Waals surface area contributed by atoms with Crippen LogP contribution in [0.1, 0.15) is 30.2 Å². The maximum absolute atomic E-state index is 12.5. The normalized spacial score (nSPS) is 15.0. The molecular weight excluding hydrogens is 342 g/mol. The largest absolute Gasteiger partial charge is 0.399 e. The number of hydrogen-bond acceptors (Lipinski definition) is 6. The number of carbonyl (C=O) groups is 1. The molecule has 0 atom stereocenters. The molecule has 138 valence electrons. The van der Waals surface area contributed by atoms with Gasteiger partial charge in [-0.25, -0.2) is 0 Å². The minimum Gasteiger partial charge on any atom is -0.399 e. The van der Waals surface area contributed by atoms with Crippen molar-refractivity contribution in [2.24, 2.45) is 0 Å². The number of nitrogens with zero attached hydrogens (tertiary/aromatic N) is 4. The van der Waals surface area contributed by atoms with Gasteiger partial charge in [0.15, 0.2) is 0 Å². The Labute approximate surface area is 157 Å². The first-order valence-electron chi connectivity index (χ1n) is 9.06. The molecule has 1 amide bonds. The van der Waals surface area contributed by atoms with Gasteiger partial charge in [-0.2, -0.15) is 4.98 Å². The van der Waals surface area contributed by atoms with Crippen molar-refractivity contribution >= 4 is 11.6 Å². The van der Waals surface area contributed by atoms with Gasteiger partial charge in [-0.15, -0.1) is 0 Å². The summed E-state index contributed by atoms with van der Waals surface area (Å²) in [5.74, 6) is 1.45. The van der Waals surface area contributed by atoms with Crippen molar-refractivity contribution in [2.45, 2.75) is 25.2 Å². The average Bonchev–Trinajstić information content (AvgIpc) is 3.21. The zero-order valence-corrected chi connectivity index (χ0v) is 14.9. The molecule has 0 saturated carbocycles. The standard InChI is InChI=1S/C20H21N5O2/c21-16-6-4-14(5-7-16)13-18(26)25-11-8-15(9-12-25)20-23-19(24-27-20)17-3-1-2-10-22-17/h1-7,10,15H,8-9,11-13,21H2. The van der Waals surface area contributed by atoms with Gasteiger partial charge in [0, 0.05) is 30.9 Å². The van der Waals surface area contributed by atoms with Gasteiger partial charge in [-0.05, 0) is 42.7 Å². The summed E-state index contributed by atoms with van der Waals surface area (Å²) in [7, 11) is 0. The predicted octanol–water partition coefficient (Wildman–Crippen LogP) is 2.66. The van der Waals surface area contributed by atoms with Gasteiger partial charge in [0.05, 0.1) is 6.42 Å². The lowest BCUT2D eigenvalue weighted by atomic mass is 9.96. The lowest BCUT2D eigenvalue weighted by molar-refractivity contribution is -0.131. The van der Waals surface area contributed by atoms with E-state index in [0.29, 0.717) is 42.6 Å². The molecule has 2 N–H and O–H groups in total. The maximum Gasteiger partial charge on any atom is 0.230 e. The number of anilines is 1. The molecule has 4 rings (SSSR count).